The van der Waals surface area contributed by atoms with Gasteiger partial charge < -0.3 is 9.57 Å². The number of hydrogen-bond donors (Lipinski definition) is 0. The minimum absolute atomic E-state index is 0.00850. The molecule has 0 bridgehead atoms. The molecule has 4 heteroatoms. The molecule has 0 heterocycles. The molecule has 0 saturated heterocycles. The number of hydrogen-bond acceptors (Lipinski definition) is 4. The standard InChI is InChI=1S/C20H22N2O2/c1-20(2,3)17-11-7-8-12-19(17)24-14-15-9-5-6-10-16(15)18(13-21)22-23-4/h5-12H,14H2,1-4H3/b22-18-. The highest BCUT2D eigenvalue weighted by Gasteiger charge is 2.19. The maximum Gasteiger partial charge on any atom is 0.187 e. The van der Waals surface area contributed by atoms with Crippen molar-refractivity contribution in [3.63, 3.8) is 0 Å². The Bertz CT molecular complexity index is 768. The molecule has 0 spiro atoms. The van der Waals surface area contributed by atoms with E-state index in [1.165, 1.54) is 7.11 Å². The van der Waals surface area contributed by atoms with Gasteiger partial charge in [-0.1, -0.05) is 68.4 Å². The summed E-state index contributed by atoms with van der Waals surface area (Å²) in [6.45, 7) is 6.82. The summed E-state index contributed by atoms with van der Waals surface area (Å²) in [5.74, 6) is 0.849. The van der Waals surface area contributed by atoms with Crippen LogP contribution in [0.4, 0.5) is 0 Å². The van der Waals surface area contributed by atoms with Crippen LogP contribution >= 0.6 is 0 Å². The summed E-state index contributed by atoms with van der Waals surface area (Å²) in [7, 11) is 1.43. The van der Waals surface area contributed by atoms with Gasteiger partial charge >= 0.3 is 0 Å². The maximum atomic E-state index is 9.27. The number of benzene rings is 2. The van der Waals surface area contributed by atoms with Crippen LogP contribution in [0.3, 0.4) is 0 Å². The van der Waals surface area contributed by atoms with E-state index in [4.69, 9.17) is 9.57 Å². The Morgan fingerprint density at radius 2 is 1.75 bits per heavy atom. The van der Waals surface area contributed by atoms with Crippen LogP contribution in [0.1, 0.15) is 37.5 Å². The topological polar surface area (TPSA) is 54.6 Å². The molecule has 0 unspecified atom stereocenters. The lowest BCUT2D eigenvalue weighted by atomic mass is 9.86. The summed E-state index contributed by atoms with van der Waals surface area (Å²) in [6.07, 6.45) is 0. The van der Waals surface area contributed by atoms with E-state index < -0.39 is 0 Å². The van der Waals surface area contributed by atoms with E-state index in [2.05, 4.69) is 38.1 Å². The van der Waals surface area contributed by atoms with Crippen molar-refractivity contribution in [2.45, 2.75) is 32.8 Å². The molecule has 0 aliphatic carbocycles. The van der Waals surface area contributed by atoms with Gasteiger partial charge in [0.25, 0.3) is 0 Å². The fourth-order valence-corrected chi connectivity index (χ4v) is 2.47. The molecular formula is C20H22N2O2. The SMILES string of the molecule is CO/N=C(/C#N)c1ccccc1COc1ccccc1C(C)(C)C. The summed E-state index contributed by atoms with van der Waals surface area (Å²) in [4.78, 5) is 4.76. The van der Waals surface area contributed by atoms with Gasteiger partial charge in [-0.3, -0.25) is 0 Å². The molecule has 0 aliphatic rings. The molecular weight excluding hydrogens is 300 g/mol. The molecule has 24 heavy (non-hydrogen) atoms. The zero-order chi connectivity index (χ0) is 17.6. The van der Waals surface area contributed by atoms with Crippen molar-refractivity contribution in [3.05, 3.63) is 65.2 Å². The van der Waals surface area contributed by atoms with Crippen molar-refractivity contribution >= 4 is 5.71 Å². The molecule has 0 saturated carbocycles. The van der Waals surface area contributed by atoms with E-state index in [9.17, 15) is 5.26 Å². The second-order valence-corrected chi connectivity index (χ2v) is 6.43. The number of nitriles is 1. The molecule has 0 aliphatic heterocycles. The second kappa shape index (κ2) is 7.65. The average molecular weight is 322 g/mol. The molecule has 0 radical (unpaired) electrons. The van der Waals surface area contributed by atoms with Gasteiger partial charge in [0.05, 0.1) is 0 Å². The van der Waals surface area contributed by atoms with Gasteiger partial charge in [-0.15, -0.1) is 0 Å². The van der Waals surface area contributed by atoms with Crippen molar-refractivity contribution in [1.82, 2.24) is 0 Å². The number of para-hydroxylation sites is 1. The lowest BCUT2D eigenvalue weighted by Gasteiger charge is -2.23. The molecule has 124 valence electrons. The number of oxime groups is 1. The Kier molecular flexibility index (Phi) is 5.59. The smallest absolute Gasteiger partial charge is 0.187 e. The van der Waals surface area contributed by atoms with Crippen molar-refractivity contribution in [3.8, 4) is 11.8 Å². The zero-order valence-electron chi connectivity index (χ0n) is 14.5. The van der Waals surface area contributed by atoms with E-state index in [1.807, 2.05) is 42.5 Å². The average Bonchev–Trinajstić information content (AvgIpc) is 2.57. The van der Waals surface area contributed by atoms with Gasteiger partial charge in [-0.05, 0) is 22.6 Å². The van der Waals surface area contributed by atoms with E-state index in [-0.39, 0.29) is 11.1 Å². The molecule has 0 atom stereocenters. The molecule has 0 fully saturated rings. The van der Waals surface area contributed by atoms with Crippen molar-refractivity contribution < 1.29 is 9.57 Å². The Morgan fingerprint density at radius 1 is 1.08 bits per heavy atom. The van der Waals surface area contributed by atoms with Gasteiger partial charge in [0.2, 0.25) is 0 Å². The van der Waals surface area contributed by atoms with E-state index in [0.717, 1.165) is 22.4 Å². The quantitative estimate of drug-likeness (QED) is 0.604. The van der Waals surface area contributed by atoms with Crippen LogP contribution in [0.2, 0.25) is 0 Å². The first kappa shape index (κ1) is 17.6. The van der Waals surface area contributed by atoms with Crippen molar-refractivity contribution in [1.29, 1.82) is 5.26 Å². The van der Waals surface area contributed by atoms with E-state index in [0.29, 0.717) is 6.61 Å². The van der Waals surface area contributed by atoms with Crippen LogP contribution in [0.5, 0.6) is 5.75 Å². The number of ether oxygens (including phenoxy) is 1. The van der Waals surface area contributed by atoms with Gasteiger partial charge in [0.1, 0.15) is 25.5 Å². The monoisotopic (exact) mass is 322 g/mol. The molecule has 0 N–H and O–H groups in total. The fourth-order valence-electron chi connectivity index (χ4n) is 2.47. The predicted octanol–water partition coefficient (Wildman–Crippen LogP) is 4.44. The normalized spacial score (nSPS) is 11.7. The lowest BCUT2D eigenvalue weighted by molar-refractivity contribution is 0.214. The fraction of sp³-hybridized carbons (Fsp3) is 0.300. The summed E-state index contributed by atoms with van der Waals surface area (Å²) in [5.41, 5.74) is 2.98. The second-order valence-electron chi connectivity index (χ2n) is 6.43. The summed E-state index contributed by atoms with van der Waals surface area (Å²) in [5, 5.41) is 13.1. The van der Waals surface area contributed by atoms with Crippen LogP contribution in [-0.2, 0) is 16.9 Å². The largest absolute Gasteiger partial charge is 0.489 e. The first-order chi connectivity index (χ1) is 11.5. The molecule has 4 nitrogen and oxygen atoms in total. The molecule has 0 amide bonds. The zero-order valence-corrected chi connectivity index (χ0v) is 14.5. The highest BCUT2D eigenvalue weighted by atomic mass is 16.6. The number of rotatable bonds is 5. The van der Waals surface area contributed by atoms with E-state index >= 15 is 0 Å². The van der Waals surface area contributed by atoms with Gasteiger partial charge in [0, 0.05) is 5.56 Å². The molecule has 2 aromatic rings. The third kappa shape index (κ3) is 4.14. The van der Waals surface area contributed by atoms with Crippen molar-refractivity contribution in [2.75, 3.05) is 7.11 Å². The first-order valence-electron chi connectivity index (χ1n) is 7.79. The Labute approximate surface area is 143 Å². The summed E-state index contributed by atoms with van der Waals surface area (Å²) >= 11 is 0. The first-order valence-corrected chi connectivity index (χ1v) is 7.79. The van der Waals surface area contributed by atoms with Crippen LogP contribution in [0.25, 0.3) is 0 Å². The minimum atomic E-state index is -0.00850. The predicted molar refractivity (Wildman–Crippen MR) is 95.1 cm³/mol. The van der Waals surface area contributed by atoms with Gasteiger partial charge in [0.15, 0.2) is 5.71 Å². The Hall–Kier alpha value is -2.80. The van der Waals surface area contributed by atoms with E-state index in [1.54, 1.807) is 0 Å². The highest BCUT2D eigenvalue weighted by molar-refractivity contribution is 6.12. The third-order valence-electron chi connectivity index (χ3n) is 3.64. The van der Waals surface area contributed by atoms with Crippen molar-refractivity contribution in [2.24, 2.45) is 5.16 Å². The Morgan fingerprint density at radius 3 is 2.42 bits per heavy atom. The summed E-state index contributed by atoms with van der Waals surface area (Å²) < 4.78 is 6.06. The lowest BCUT2D eigenvalue weighted by Crippen LogP contribution is -2.14. The molecule has 2 aromatic carbocycles. The highest BCUT2D eigenvalue weighted by Crippen LogP contribution is 2.31. The van der Waals surface area contributed by atoms with Crippen LogP contribution in [0, 0.1) is 11.3 Å². The third-order valence-corrected chi connectivity index (χ3v) is 3.64. The Balaban J connectivity index is 2.29. The van der Waals surface area contributed by atoms with Crippen LogP contribution < -0.4 is 4.74 Å². The number of nitrogens with zero attached hydrogens (tertiary/aromatic N) is 2. The van der Waals surface area contributed by atoms with Gasteiger partial charge in [-0.2, -0.15) is 5.26 Å². The van der Waals surface area contributed by atoms with Gasteiger partial charge in [-0.25, -0.2) is 0 Å². The maximum absolute atomic E-state index is 9.27. The minimum Gasteiger partial charge on any atom is -0.489 e. The molecule has 0 aromatic heterocycles. The van der Waals surface area contributed by atoms with Crippen LogP contribution in [0.15, 0.2) is 53.7 Å². The van der Waals surface area contributed by atoms with Crippen LogP contribution in [-0.4, -0.2) is 12.8 Å². The molecule has 2 rings (SSSR count). The summed E-state index contributed by atoms with van der Waals surface area (Å²) in [6, 6.07) is 17.6.